The summed E-state index contributed by atoms with van der Waals surface area (Å²) in [4.78, 5) is 23.4. The van der Waals surface area contributed by atoms with Crippen LogP contribution in [0.15, 0.2) is 173 Å². The molecule has 0 fully saturated rings. The number of phenols is 1. The molecule has 0 saturated carbocycles. The number of benzene rings is 8. The van der Waals surface area contributed by atoms with Crippen LogP contribution in [0.5, 0.6) is 5.75 Å². The second-order valence-corrected chi connectivity index (χ2v) is 19.9. The van der Waals surface area contributed by atoms with E-state index >= 15 is 0 Å². The lowest BCUT2D eigenvalue weighted by molar-refractivity contribution is 0.0696. The van der Waals surface area contributed by atoms with Gasteiger partial charge in [0, 0.05) is 45.7 Å². The third-order valence-electron chi connectivity index (χ3n) is 11.2. The summed E-state index contributed by atoms with van der Waals surface area (Å²) in [5, 5.41) is 56.2. The summed E-state index contributed by atoms with van der Waals surface area (Å²) in [7, 11) is -14.7. The van der Waals surface area contributed by atoms with Crippen LogP contribution >= 0.6 is 0 Å². The zero-order chi connectivity index (χ0) is 49.9. The van der Waals surface area contributed by atoms with Crippen LogP contribution in [0.2, 0.25) is 0 Å². The summed E-state index contributed by atoms with van der Waals surface area (Å²) in [5.41, 5.74) is 1.40. The Morgan fingerprint density at radius 2 is 0.929 bits per heavy atom. The number of carboxylic acid groups (broad SMARTS) is 2. The molecule has 1 heterocycles. The van der Waals surface area contributed by atoms with Gasteiger partial charge in [0.05, 0.1) is 49.4 Å². The molecule has 0 aliphatic carbocycles. The number of hydrogen-bond donors (Lipinski definition) is 6. The molecule has 1 aliphatic rings. The topological polar surface area (TPSA) is 335 Å². The van der Waals surface area contributed by atoms with Gasteiger partial charge in [-0.2, -0.15) is 30.4 Å². The number of fused-ring (bicyclic) bond motifs is 4. The monoisotopic (exact) mass is 1000 g/mol. The fraction of sp³-hybridized carbons (Fsp3) is 0.0435. The Labute approximate surface area is 395 Å². The Balaban J connectivity index is 1.11. The maximum atomic E-state index is 12.8. The van der Waals surface area contributed by atoms with Crippen LogP contribution in [0.3, 0.4) is 0 Å². The van der Waals surface area contributed by atoms with Crippen LogP contribution in [-0.4, -0.2) is 66.2 Å². The fourth-order valence-electron chi connectivity index (χ4n) is 7.85. The number of rotatable bonds is 12. The van der Waals surface area contributed by atoms with E-state index in [2.05, 4.69) is 35.6 Å². The van der Waals surface area contributed by atoms with Gasteiger partial charge in [-0.1, -0.05) is 36.4 Å². The minimum absolute atomic E-state index is 0.00544. The Hall–Kier alpha value is -8.39. The molecule has 0 radical (unpaired) electrons. The van der Waals surface area contributed by atoms with Crippen LogP contribution in [-0.2, 0) is 43.4 Å². The number of aromatic hydroxyl groups is 1. The lowest BCUT2D eigenvalue weighted by Crippen LogP contribution is -2.14. The SMILES string of the molecule is O=C(O)c1cc(N=Nc2ccc(N=Nc3ccc(N=Nc4c(S(=O)(=O)O)cc5cc(N6Cc7ccccc7C6)ccc5c4O)c4cc(S(=O)(=O)O)ccc34)c3cc(S(=O)(=O)O)ccc23)cc(C(=O)O)c1. The van der Waals surface area contributed by atoms with Gasteiger partial charge in [0.25, 0.3) is 30.4 Å². The van der Waals surface area contributed by atoms with Crippen molar-refractivity contribution < 1.29 is 63.8 Å². The summed E-state index contributed by atoms with van der Waals surface area (Å²) in [5.74, 6) is -3.48. The minimum Gasteiger partial charge on any atom is -0.505 e. The van der Waals surface area contributed by atoms with Crippen LogP contribution < -0.4 is 4.90 Å². The van der Waals surface area contributed by atoms with Gasteiger partial charge in [0.1, 0.15) is 10.6 Å². The lowest BCUT2D eigenvalue weighted by atomic mass is 10.1. The predicted molar refractivity (Wildman–Crippen MR) is 252 cm³/mol. The highest BCUT2D eigenvalue weighted by Crippen LogP contribution is 2.45. The molecule has 21 nitrogen and oxygen atoms in total. The van der Waals surface area contributed by atoms with E-state index in [1.807, 2.05) is 24.3 Å². The summed E-state index contributed by atoms with van der Waals surface area (Å²) >= 11 is 0. The quantitative estimate of drug-likeness (QED) is 0.0489. The smallest absolute Gasteiger partial charge is 0.335 e. The number of phenolic OH excluding ortho intramolecular Hbond substituents is 1. The highest BCUT2D eigenvalue weighted by atomic mass is 32.2. The van der Waals surface area contributed by atoms with E-state index in [0.717, 1.165) is 59.7 Å². The van der Waals surface area contributed by atoms with Crippen molar-refractivity contribution in [3.8, 4) is 5.75 Å². The lowest BCUT2D eigenvalue weighted by Gasteiger charge is -2.19. The standard InChI is InChI=1S/C46H31N7O14S3/c54-44-33-8-5-30(53-22-24-3-1-2-4-25(24)23-53)18-26(33)19-42(70(65,66)67)43(44)52-51-41-14-12-39(35-10-7-32(21-37(35)41)69(62,63)64)49-50-40-13-11-38(34-9-6-31(20-36(34)40)68(59,60)61)48-47-29-16-27(45(55)56)15-28(17-29)46(57)58/h1-21,54H,22-23H2,(H,55,56)(H,57,58)(H,59,60,61)(H,62,63,64)(H,65,66,67). The van der Waals surface area contributed by atoms with Gasteiger partial charge >= 0.3 is 11.9 Å². The zero-order valence-corrected chi connectivity index (χ0v) is 37.8. The second kappa shape index (κ2) is 17.6. The van der Waals surface area contributed by atoms with Gasteiger partial charge in [-0.3, -0.25) is 13.7 Å². The highest BCUT2D eigenvalue weighted by molar-refractivity contribution is 7.86. The molecule has 1 aliphatic heterocycles. The van der Waals surface area contributed by atoms with E-state index in [-0.39, 0.29) is 71.9 Å². The average molecular weight is 1000 g/mol. The van der Waals surface area contributed by atoms with E-state index in [9.17, 15) is 63.8 Å². The van der Waals surface area contributed by atoms with Gasteiger partial charge in [0.15, 0.2) is 5.75 Å². The van der Waals surface area contributed by atoms with Crippen molar-refractivity contribution in [2.75, 3.05) is 4.90 Å². The molecule has 0 bridgehead atoms. The van der Waals surface area contributed by atoms with Crippen molar-refractivity contribution in [2.45, 2.75) is 27.8 Å². The fourth-order valence-corrected chi connectivity index (χ4v) is 9.52. The van der Waals surface area contributed by atoms with E-state index in [0.29, 0.717) is 18.8 Å². The first-order chi connectivity index (χ1) is 33.1. The maximum absolute atomic E-state index is 12.8. The normalized spacial score (nSPS) is 13.4. The summed E-state index contributed by atoms with van der Waals surface area (Å²) < 4.78 is 105. The first-order valence-electron chi connectivity index (χ1n) is 20.2. The molecule has 9 rings (SSSR count). The van der Waals surface area contributed by atoms with Crippen molar-refractivity contribution in [1.82, 2.24) is 0 Å². The molecule has 8 aromatic carbocycles. The summed E-state index contributed by atoms with van der Waals surface area (Å²) in [6.45, 7) is 1.18. The Morgan fingerprint density at radius 3 is 1.40 bits per heavy atom. The van der Waals surface area contributed by atoms with E-state index in [1.54, 1.807) is 18.2 Å². The average Bonchev–Trinajstić information content (AvgIpc) is 3.76. The zero-order valence-electron chi connectivity index (χ0n) is 35.3. The van der Waals surface area contributed by atoms with E-state index in [4.69, 9.17) is 0 Å². The van der Waals surface area contributed by atoms with Gasteiger partial charge < -0.3 is 20.2 Å². The molecule has 24 heteroatoms. The van der Waals surface area contributed by atoms with Crippen LogP contribution in [0.25, 0.3) is 32.3 Å². The number of aromatic carboxylic acids is 2. The number of anilines is 1. The molecule has 0 amide bonds. The van der Waals surface area contributed by atoms with Crippen LogP contribution in [0.1, 0.15) is 31.8 Å². The number of nitrogens with zero attached hydrogens (tertiary/aromatic N) is 7. The molecule has 0 spiro atoms. The number of azo groups is 3. The number of carbonyl (C=O) groups is 2. The van der Waals surface area contributed by atoms with Gasteiger partial charge in [0.2, 0.25) is 0 Å². The van der Waals surface area contributed by atoms with Gasteiger partial charge in [-0.05, 0) is 108 Å². The molecular formula is C46H31N7O14S3. The van der Waals surface area contributed by atoms with Crippen molar-refractivity contribution >= 4 is 114 Å². The van der Waals surface area contributed by atoms with E-state index in [1.165, 1.54) is 36.4 Å². The molecule has 70 heavy (non-hydrogen) atoms. The van der Waals surface area contributed by atoms with Crippen molar-refractivity contribution in [2.24, 2.45) is 30.7 Å². The molecule has 0 atom stereocenters. The summed E-state index contributed by atoms with van der Waals surface area (Å²) in [6.07, 6.45) is 0. The summed E-state index contributed by atoms with van der Waals surface area (Å²) in [6, 6.07) is 29.2. The minimum atomic E-state index is -5.06. The van der Waals surface area contributed by atoms with Crippen molar-refractivity contribution in [3.63, 3.8) is 0 Å². The first-order valence-corrected chi connectivity index (χ1v) is 24.5. The maximum Gasteiger partial charge on any atom is 0.335 e. The van der Waals surface area contributed by atoms with Crippen molar-refractivity contribution in [3.05, 3.63) is 150 Å². The Bertz CT molecular complexity index is 3980. The predicted octanol–water partition coefficient (Wildman–Crippen LogP) is 10.8. The Morgan fingerprint density at radius 1 is 0.471 bits per heavy atom. The van der Waals surface area contributed by atoms with Crippen LogP contribution in [0.4, 0.5) is 39.8 Å². The largest absolute Gasteiger partial charge is 0.505 e. The molecular weight excluding hydrogens is 971 g/mol. The molecule has 352 valence electrons. The van der Waals surface area contributed by atoms with Crippen molar-refractivity contribution in [1.29, 1.82) is 0 Å². The van der Waals surface area contributed by atoms with Gasteiger partial charge in [-0.25, -0.2) is 9.59 Å². The molecule has 0 unspecified atom stereocenters. The van der Waals surface area contributed by atoms with Gasteiger partial charge in [-0.15, -0.1) is 25.6 Å². The first kappa shape index (κ1) is 46.7. The van der Waals surface area contributed by atoms with E-state index < -0.39 is 68.4 Å². The molecule has 0 saturated heterocycles. The number of hydrogen-bond acceptors (Lipinski definition) is 16. The molecule has 6 N–H and O–H groups in total. The highest BCUT2D eigenvalue weighted by Gasteiger charge is 2.25. The third-order valence-corrected chi connectivity index (χ3v) is 13.8. The Kier molecular flexibility index (Phi) is 11.7. The third kappa shape index (κ3) is 9.27. The number of carboxylic acids is 2. The molecule has 8 aromatic rings. The van der Waals surface area contributed by atoms with Crippen LogP contribution in [0, 0.1) is 0 Å². The second-order valence-electron chi connectivity index (χ2n) is 15.6. The molecule has 0 aromatic heterocycles.